The number of rotatable bonds is 8. The lowest BCUT2D eigenvalue weighted by Gasteiger charge is -2.25. The fourth-order valence-electron chi connectivity index (χ4n) is 5.41. The molecule has 43 heavy (non-hydrogen) atoms. The first kappa shape index (κ1) is 28.8. The van der Waals surface area contributed by atoms with Crippen molar-refractivity contribution in [2.45, 2.75) is 9.79 Å². The summed E-state index contributed by atoms with van der Waals surface area (Å²) < 4.78 is 60.3. The van der Waals surface area contributed by atoms with Crippen LogP contribution < -0.4 is 31.8 Å². The summed E-state index contributed by atoms with van der Waals surface area (Å²) in [5.74, 6) is 0. The highest BCUT2D eigenvalue weighted by molar-refractivity contribution is 7.95. The molecule has 0 fully saturated rings. The Morgan fingerprint density at radius 3 is 0.837 bits per heavy atom. The summed E-state index contributed by atoms with van der Waals surface area (Å²) in [7, 11) is -11.6. The Kier molecular flexibility index (Phi) is 7.90. The average molecular weight is 619 g/mol. The molecule has 7 heteroatoms. The number of hydrogen-bond donors (Lipinski definition) is 0. The van der Waals surface area contributed by atoms with E-state index in [9.17, 15) is 8.42 Å². The van der Waals surface area contributed by atoms with E-state index in [1.54, 1.807) is 133 Å². The predicted octanol–water partition coefficient (Wildman–Crippen LogP) is 5.80. The molecular weight excluding hydrogens is 590 g/mol. The molecule has 6 aromatic carbocycles. The summed E-state index contributed by atoms with van der Waals surface area (Å²) in [4.78, 5) is -0.155. The van der Waals surface area contributed by atoms with Crippen LogP contribution in [0.1, 0.15) is 0 Å². The second-order valence-corrected chi connectivity index (χ2v) is 17.4. The van der Waals surface area contributed by atoms with Gasteiger partial charge in [-0.15, -0.1) is 0 Å². The highest BCUT2D eigenvalue weighted by Gasteiger charge is 2.39. The Morgan fingerprint density at radius 1 is 0.326 bits per heavy atom. The van der Waals surface area contributed by atoms with Gasteiger partial charge >= 0.3 is 0 Å². The maximum atomic E-state index is 15.3. The van der Waals surface area contributed by atoms with Crippen molar-refractivity contribution in [1.82, 2.24) is 0 Å². The zero-order chi connectivity index (χ0) is 29.9. The zero-order valence-corrected chi connectivity index (χ0v) is 25.7. The minimum absolute atomic E-state index is 0.0776. The average Bonchev–Trinajstić information content (AvgIpc) is 3.09. The monoisotopic (exact) mass is 618 g/mol. The molecule has 0 bridgehead atoms. The fraction of sp³-hybridized carbons (Fsp3) is 0. The first-order valence-corrected chi connectivity index (χ1v) is 18.6. The van der Waals surface area contributed by atoms with Crippen molar-refractivity contribution in [2.24, 2.45) is 0 Å². The lowest BCUT2D eigenvalue weighted by Crippen LogP contribution is -2.31. The molecule has 0 unspecified atom stereocenters. The second-order valence-electron chi connectivity index (χ2n) is 10.00. The minimum atomic E-state index is -4.34. The fourth-order valence-corrected chi connectivity index (χ4v) is 13.8. The van der Waals surface area contributed by atoms with Crippen LogP contribution in [0.2, 0.25) is 0 Å². The van der Waals surface area contributed by atoms with Gasteiger partial charge in [0, 0.05) is 31.8 Å². The molecule has 0 saturated heterocycles. The summed E-state index contributed by atoms with van der Waals surface area (Å²) >= 11 is 0. The van der Waals surface area contributed by atoms with E-state index in [1.807, 2.05) is 24.3 Å². The molecule has 0 aliphatic rings. The third kappa shape index (κ3) is 5.04. The topological polar surface area (TPSA) is 68.3 Å². The largest absolute Gasteiger partial charge is 0.309 e. The standard InChI is InChI=1S/C36H28O4P2S/c37-41(29-17-5-1-6-18-29,30-19-7-2-8-20-30)33-25-13-15-27-35(33)43(39,40)36-28-16-14-26-34(36)42(38,31-21-9-3-10-22-31)32-23-11-4-12-24-32/h1-28H. The minimum Gasteiger partial charge on any atom is -0.309 e. The van der Waals surface area contributed by atoms with Gasteiger partial charge in [0.2, 0.25) is 9.84 Å². The van der Waals surface area contributed by atoms with Gasteiger partial charge in [-0.05, 0) is 24.3 Å². The quantitative estimate of drug-likeness (QED) is 0.202. The molecule has 0 spiro atoms. The van der Waals surface area contributed by atoms with Crippen molar-refractivity contribution in [3.63, 3.8) is 0 Å². The normalized spacial score (nSPS) is 12.1. The molecule has 0 N–H and O–H groups in total. The van der Waals surface area contributed by atoms with E-state index in [-0.39, 0.29) is 20.4 Å². The first-order valence-electron chi connectivity index (χ1n) is 13.7. The van der Waals surface area contributed by atoms with Crippen LogP contribution in [-0.2, 0) is 19.0 Å². The van der Waals surface area contributed by atoms with Gasteiger partial charge in [-0.25, -0.2) is 8.42 Å². The van der Waals surface area contributed by atoms with Crippen molar-refractivity contribution in [3.8, 4) is 0 Å². The van der Waals surface area contributed by atoms with Gasteiger partial charge < -0.3 is 9.13 Å². The van der Waals surface area contributed by atoms with Gasteiger partial charge in [-0.2, -0.15) is 0 Å². The van der Waals surface area contributed by atoms with Crippen LogP contribution in [0.4, 0.5) is 0 Å². The molecular formula is C36H28O4P2S. The molecule has 4 nitrogen and oxygen atoms in total. The summed E-state index contributed by atoms with van der Waals surface area (Å²) in [6, 6.07) is 48.8. The van der Waals surface area contributed by atoms with E-state index < -0.39 is 24.1 Å². The van der Waals surface area contributed by atoms with Crippen molar-refractivity contribution < 1.29 is 17.5 Å². The molecule has 6 rings (SSSR count). The van der Waals surface area contributed by atoms with Crippen LogP contribution in [0.3, 0.4) is 0 Å². The molecule has 0 radical (unpaired) electrons. The van der Waals surface area contributed by atoms with Crippen LogP contribution in [0.25, 0.3) is 0 Å². The Morgan fingerprint density at radius 2 is 0.558 bits per heavy atom. The number of benzene rings is 6. The predicted molar refractivity (Wildman–Crippen MR) is 177 cm³/mol. The Labute approximate surface area is 252 Å². The zero-order valence-electron chi connectivity index (χ0n) is 23.1. The summed E-state index contributed by atoms with van der Waals surface area (Å²) in [6.07, 6.45) is 0. The highest BCUT2D eigenvalue weighted by Crippen LogP contribution is 2.47. The van der Waals surface area contributed by atoms with E-state index >= 15 is 9.13 Å². The lowest BCUT2D eigenvalue weighted by molar-refractivity contribution is 0.588. The Bertz CT molecular complexity index is 1850. The summed E-state index contributed by atoms with van der Waals surface area (Å²) in [5.41, 5.74) is 0. The Hall–Kier alpha value is -4.27. The van der Waals surface area contributed by atoms with Gasteiger partial charge in [0.05, 0.1) is 9.79 Å². The summed E-state index contributed by atoms with van der Waals surface area (Å²) in [5, 5.41) is 2.51. The third-order valence-corrected chi connectivity index (χ3v) is 15.9. The van der Waals surface area contributed by atoms with Gasteiger partial charge in [0.25, 0.3) is 0 Å². The first-order chi connectivity index (χ1) is 20.9. The van der Waals surface area contributed by atoms with Crippen LogP contribution in [0, 0.1) is 0 Å². The van der Waals surface area contributed by atoms with Gasteiger partial charge in [-0.3, -0.25) is 0 Å². The van der Waals surface area contributed by atoms with E-state index in [1.165, 1.54) is 12.1 Å². The van der Waals surface area contributed by atoms with E-state index in [2.05, 4.69) is 0 Å². The van der Waals surface area contributed by atoms with Crippen molar-refractivity contribution in [2.75, 3.05) is 0 Å². The summed E-state index contributed by atoms with van der Waals surface area (Å²) in [6.45, 7) is 0. The van der Waals surface area contributed by atoms with Gasteiger partial charge in [-0.1, -0.05) is 146 Å². The molecule has 212 valence electrons. The number of hydrogen-bond acceptors (Lipinski definition) is 4. The second kappa shape index (κ2) is 11.8. The molecule has 0 saturated carbocycles. The van der Waals surface area contributed by atoms with Crippen LogP contribution in [0.15, 0.2) is 180 Å². The molecule has 0 aliphatic heterocycles. The molecule has 0 atom stereocenters. The molecule has 0 heterocycles. The molecule has 6 aromatic rings. The maximum Gasteiger partial charge on any atom is 0.208 e. The molecule has 0 amide bonds. The van der Waals surface area contributed by atoms with Crippen molar-refractivity contribution in [1.29, 1.82) is 0 Å². The third-order valence-electron chi connectivity index (χ3n) is 7.47. The van der Waals surface area contributed by atoms with E-state index in [0.717, 1.165) is 0 Å². The van der Waals surface area contributed by atoms with Crippen LogP contribution in [0.5, 0.6) is 0 Å². The SMILES string of the molecule is O=P(c1ccccc1)(c1ccccc1)c1ccccc1S(=O)(=O)c1ccccc1P(=O)(c1ccccc1)c1ccccc1. The lowest BCUT2D eigenvalue weighted by atomic mass is 10.3. The maximum absolute atomic E-state index is 15.3. The van der Waals surface area contributed by atoms with Crippen molar-refractivity contribution in [3.05, 3.63) is 170 Å². The van der Waals surface area contributed by atoms with Gasteiger partial charge in [0.15, 0.2) is 14.3 Å². The Balaban J connectivity index is 1.64. The van der Waals surface area contributed by atoms with Crippen molar-refractivity contribution >= 4 is 55.9 Å². The molecule has 0 aromatic heterocycles. The van der Waals surface area contributed by atoms with Crippen LogP contribution >= 0.6 is 14.3 Å². The van der Waals surface area contributed by atoms with E-state index in [0.29, 0.717) is 21.2 Å². The highest BCUT2D eigenvalue weighted by atomic mass is 32.2. The van der Waals surface area contributed by atoms with Crippen LogP contribution in [-0.4, -0.2) is 8.42 Å². The smallest absolute Gasteiger partial charge is 0.208 e. The van der Waals surface area contributed by atoms with E-state index in [4.69, 9.17) is 0 Å². The molecule has 0 aliphatic carbocycles. The van der Waals surface area contributed by atoms with Gasteiger partial charge in [0.1, 0.15) is 0 Å². The number of sulfone groups is 1.